The Morgan fingerprint density at radius 1 is 0.447 bits per heavy atom. The molecule has 2 aliphatic carbocycles. The number of aromatic nitrogens is 2. The summed E-state index contributed by atoms with van der Waals surface area (Å²) in [6.45, 7) is 15.6. The number of nitrogens with one attached hydrogen (secondary N) is 2. The lowest BCUT2D eigenvalue weighted by molar-refractivity contribution is 0.0565. The van der Waals surface area contributed by atoms with Gasteiger partial charge in [-0.05, 0) is 223 Å². The summed E-state index contributed by atoms with van der Waals surface area (Å²) in [5.74, 6) is 0.942. The molecule has 3 atom stereocenters. The third-order valence-corrected chi connectivity index (χ3v) is 18.7. The maximum atomic E-state index is 6.99. The number of hydrogen-bond acceptors (Lipinski definition) is 8. The second kappa shape index (κ2) is 24.5. The molecule has 0 amide bonds. The summed E-state index contributed by atoms with van der Waals surface area (Å²) in [6, 6.07) is 97.0. The summed E-state index contributed by atoms with van der Waals surface area (Å²) < 4.78 is 13.7. The van der Waals surface area contributed by atoms with E-state index < -0.39 is 11.6 Å². The topological polar surface area (TPSA) is 78.7 Å². The number of para-hydroxylation sites is 4. The van der Waals surface area contributed by atoms with Gasteiger partial charge >= 0.3 is 0 Å². The zero-order chi connectivity index (χ0) is 64.1. The Morgan fingerprint density at radius 3 is 1.41 bits per heavy atom. The highest BCUT2D eigenvalue weighted by atomic mass is 16.5. The SMILES string of the molecule is C/C=C(\C=C/CC(C)(C)C)C1NNC(c2ccc3c(c2)C2(c4cc(Cc5ccc(N(c6ccccc6)c6ccccc6)cc5)ccc4-c4ccc(-c5nnc(-c6ccc(C(C)(C)C)cc6)o5)cc42)c2cc(-c4ccc(N(c5ccccc5)c5ccccc5)cc4)ccc2-3)O1. The van der Waals surface area contributed by atoms with Crippen molar-refractivity contribution in [3.8, 4) is 56.3 Å². The van der Waals surface area contributed by atoms with Crippen LogP contribution in [0.2, 0.25) is 0 Å². The Labute approximate surface area is 552 Å². The highest BCUT2D eigenvalue weighted by molar-refractivity contribution is 5.97. The molecular formula is C86H76N6O2. The lowest BCUT2D eigenvalue weighted by Gasteiger charge is -2.32. The fraction of sp³-hybridized carbons (Fsp3) is 0.163. The molecule has 8 nitrogen and oxygen atoms in total. The van der Waals surface area contributed by atoms with Crippen LogP contribution >= 0.6 is 0 Å². The van der Waals surface area contributed by atoms with Gasteiger partial charge in [-0.3, -0.25) is 0 Å². The maximum absolute atomic E-state index is 6.99. The third kappa shape index (κ3) is 11.3. The van der Waals surface area contributed by atoms with Crippen molar-refractivity contribution in [1.82, 2.24) is 21.0 Å². The van der Waals surface area contributed by atoms with Crippen molar-refractivity contribution >= 4 is 34.1 Å². The number of rotatable bonds is 15. The molecule has 11 aromatic carbocycles. The molecular weight excluding hydrogens is 1150 g/mol. The van der Waals surface area contributed by atoms with Gasteiger partial charge in [-0.25, -0.2) is 10.9 Å². The molecule has 462 valence electrons. The molecule has 0 radical (unpaired) electrons. The van der Waals surface area contributed by atoms with Crippen LogP contribution < -0.4 is 20.7 Å². The zero-order valence-corrected chi connectivity index (χ0v) is 54.3. The summed E-state index contributed by atoms with van der Waals surface area (Å²) >= 11 is 0. The van der Waals surface area contributed by atoms with E-state index >= 15 is 0 Å². The highest BCUT2D eigenvalue weighted by Gasteiger charge is 2.53. The number of benzene rings is 11. The minimum atomic E-state index is -0.818. The third-order valence-electron chi connectivity index (χ3n) is 18.7. The van der Waals surface area contributed by atoms with Crippen LogP contribution in [-0.4, -0.2) is 16.4 Å². The van der Waals surface area contributed by atoms with Gasteiger partial charge in [0.15, 0.2) is 0 Å². The van der Waals surface area contributed by atoms with E-state index in [2.05, 4.69) is 354 Å². The minimum absolute atomic E-state index is 0.00661. The van der Waals surface area contributed by atoms with Crippen LogP contribution in [0.1, 0.15) is 106 Å². The van der Waals surface area contributed by atoms with Crippen LogP contribution in [-0.2, 0) is 22.0 Å². The Balaban J connectivity index is 0.884. The van der Waals surface area contributed by atoms with Gasteiger partial charge in [0.2, 0.25) is 11.8 Å². The van der Waals surface area contributed by atoms with Crippen LogP contribution in [0.15, 0.2) is 295 Å². The predicted molar refractivity (Wildman–Crippen MR) is 385 cm³/mol. The first-order chi connectivity index (χ1) is 45.8. The smallest absolute Gasteiger partial charge is 0.248 e. The normalized spacial score (nSPS) is 16.5. The minimum Gasteiger partial charge on any atom is -0.416 e. The van der Waals surface area contributed by atoms with E-state index in [0.29, 0.717) is 11.8 Å². The molecule has 1 aromatic heterocycles. The summed E-state index contributed by atoms with van der Waals surface area (Å²) in [4.78, 5) is 4.63. The highest BCUT2D eigenvalue weighted by Crippen LogP contribution is 2.64. The number of hydrogen-bond donors (Lipinski definition) is 2. The average Bonchev–Trinajstić information content (AvgIpc) is 1.51. The van der Waals surface area contributed by atoms with Gasteiger partial charge in [-0.15, -0.1) is 10.2 Å². The van der Waals surface area contributed by atoms with E-state index in [9.17, 15) is 0 Å². The van der Waals surface area contributed by atoms with Crippen molar-refractivity contribution in [2.45, 2.75) is 84.6 Å². The summed E-state index contributed by atoms with van der Waals surface area (Å²) in [5, 5.41) is 9.49. The fourth-order valence-electron chi connectivity index (χ4n) is 14.0. The first-order valence-electron chi connectivity index (χ1n) is 32.8. The average molecular weight is 1230 g/mol. The lowest BCUT2D eigenvalue weighted by Crippen LogP contribution is -2.32. The maximum Gasteiger partial charge on any atom is 0.248 e. The van der Waals surface area contributed by atoms with Crippen LogP contribution in [0.3, 0.4) is 0 Å². The van der Waals surface area contributed by atoms with E-state index in [-0.39, 0.29) is 17.1 Å². The molecule has 12 aromatic rings. The number of fused-ring (bicyclic) bond motifs is 10. The zero-order valence-electron chi connectivity index (χ0n) is 54.3. The van der Waals surface area contributed by atoms with Crippen LogP contribution in [0.4, 0.5) is 34.1 Å². The Kier molecular flexibility index (Phi) is 15.6. The summed E-state index contributed by atoms with van der Waals surface area (Å²) in [7, 11) is 0. The van der Waals surface area contributed by atoms with E-state index in [1.54, 1.807) is 0 Å². The van der Waals surface area contributed by atoms with Gasteiger partial charge < -0.3 is 19.0 Å². The molecule has 2 N–H and O–H groups in total. The molecule has 0 saturated carbocycles. The van der Waals surface area contributed by atoms with E-state index in [1.165, 1.54) is 50.1 Å². The molecule has 1 spiro atoms. The Morgan fingerprint density at radius 2 is 0.883 bits per heavy atom. The number of nitrogens with zero attached hydrogens (tertiary/aromatic N) is 4. The Hall–Kier alpha value is -10.5. The molecule has 0 bridgehead atoms. The van der Waals surface area contributed by atoms with Crippen molar-refractivity contribution in [3.63, 3.8) is 0 Å². The number of allylic oxidation sites excluding steroid dienone is 2. The standard InChI is InChI=1S/C86H76N6O2/c1-8-59(22-21-51-84(2,3)4)80-87-89-82(93-80)63-40-50-75-73-48-38-62(60-36-45-71(46-37-60)92(68-27-17-11-18-28-68)69-29-19-12-20-30-69)54-77(73)86(79(75)55-63)76-53-58(52-57-31-43-70(44-32-57)91(66-23-13-9-14-24-66)67-25-15-10-16-26-67)33-47-72(76)74-49-39-64(56-78(74)86)83-90-88-81(94-83)61-34-41-65(42-35-61)85(5,6)7/h8-50,53-56,80,82,87,89H,51-52H2,1-7H3/b22-21-,59-8+. The molecule has 1 fully saturated rings. The summed E-state index contributed by atoms with van der Waals surface area (Å²) in [5.41, 5.74) is 32.2. The molecule has 1 saturated heterocycles. The van der Waals surface area contributed by atoms with Crippen LogP contribution in [0.5, 0.6) is 0 Å². The van der Waals surface area contributed by atoms with Gasteiger partial charge in [0.1, 0.15) is 12.5 Å². The van der Waals surface area contributed by atoms with Crippen molar-refractivity contribution < 1.29 is 9.15 Å². The van der Waals surface area contributed by atoms with Gasteiger partial charge in [-0.1, -0.05) is 217 Å². The van der Waals surface area contributed by atoms with Crippen molar-refractivity contribution in [1.29, 1.82) is 0 Å². The quantitative estimate of drug-likeness (QED) is 0.0983. The van der Waals surface area contributed by atoms with Gasteiger partial charge in [0.05, 0.1) is 5.41 Å². The molecule has 3 unspecified atom stereocenters. The van der Waals surface area contributed by atoms with Gasteiger partial charge in [0.25, 0.3) is 0 Å². The van der Waals surface area contributed by atoms with Gasteiger partial charge in [0, 0.05) is 45.3 Å². The van der Waals surface area contributed by atoms with Crippen molar-refractivity contribution in [3.05, 3.63) is 335 Å². The second-order valence-electron chi connectivity index (χ2n) is 27.2. The Bertz CT molecular complexity index is 4700. The lowest BCUT2D eigenvalue weighted by atomic mass is 9.69. The fourth-order valence-corrected chi connectivity index (χ4v) is 14.0. The predicted octanol–water partition coefficient (Wildman–Crippen LogP) is 21.6. The van der Waals surface area contributed by atoms with Crippen LogP contribution in [0, 0.1) is 5.41 Å². The number of anilines is 6. The first kappa shape index (κ1) is 59.8. The molecule has 94 heavy (non-hydrogen) atoms. The first-order valence-corrected chi connectivity index (χ1v) is 32.8. The van der Waals surface area contributed by atoms with Crippen LogP contribution in [0.25, 0.3) is 56.3 Å². The number of ether oxygens (including phenoxy) is 1. The van der Waals surface area contributed by atoms with E-state index in [1.807, 2.05) is 0 Å². The molecule has 8 heteroatoms. The molecule has 2 heterocycles. The second-order valence-corrected chi connectivity index (χ2v) is 27.2. The van der Waals surface area contributed by atoms with E-state index in [0.717, 1.165) is 91.5 Å². The molecule has 1 aliphatic heterocycles. The van der Waals surface area contributed by atoms with Gasteiger partial charge in [-0.2, -0.15) is 0 Å². The van der Waals surface area contributed by atoms with Crippen molar-refractivity contribution in [2.24, 2.45) is 5.41 Å². The molecule has 15 rings (SSSR count). The number of hydrazine groups is 1. The summed E-state index contributed by atoms with van der Waals surface area (Å²) in [6.07, 6.45) is 7.47. The van der Waals surface area contributed by atoms with E-state index in [4.69, 9.17) is 19.4 Å². The monoisotopic (exact) mass is 1220 g/mol. The molecule has 3 aliphatic rings. The van der Waals surface area contributed by atoms with Crippen molar-refractivity contribution in [2.75, 3.05) is 9.80 Å². The largest absolute Gasteiger partial charge is 0.416 e.